The molecule has 2 aliphatic heterocycles. The van der Waals surface area contributed by atoms with Crippen molar-refractivity contribution in [2.45, 2.75) is 38.3 Å². The van der Waals surface area contributed by atoms with Gasteiger partial charge in [0.1, 0.15) is 0 Å². The Morgan fingerprint density at radius 3 is 2.54 bits per heavy atom. The molecule has 0 spiro atoms. The third-order valence-electron chi connectivity index (χ3n) is 8.26. The SMILES string of the molecule is Cc1ccc(N2CCN(CC(C)O)CC2)cc1C(=O)NC1(c2ccc3c4c(cccc24)C(=O)N3C)CC1. The lowest BCUT2D eigenvalue weighted by Crippen LogP contribution is -2.48. The van der Waals surface area contributed by atoms with E-state index in [-0.39, 0.29) is 17.9 Å². The summed E-state index contributed by atoms with van der Waals surface area (Å²) in [5.41, 5.74) is 5.06. The molecule has 192 valence electrons. The molecule has 2 amide bonds. The van der Waals surface area contributed by atoms with Crippen LogP contribution in [-0.4, -0.2) is 67.7 Å². The summed E-state index contributed by atoms with van der Waals surface area (Å²) in [6.45, 7) is 8.03. The second kappa shape index (κ2) is 8.85. The van der Waals surface area contributed by atoms with Crippen LogP contribution < -0.4 is 15.1 Å². The smallest absolute Gasteiger partial charge is 0.258 e. The number of aliphatic hydroxyl groups excluding tert-OH is 1. The number of aryl methyl sites for hydroxylation is 1. The van der Waals surface area contributed by atoms with Gasteiger partial charge in [0.2, 0.25) is 0 Å². The predicted molar refractivity (Wildman–Crippen MR) is 147 cm³/mol. The van der Waals surface area contributed by atoms with Crippen LogP contribution in [0.15, 0.2) is 48.5 Å². The van der Waals surface area contributed by atoms with Crippen molar-refractivity contribution < 1.29 is 14.7 Å². The fraction of sp³-hybridized carbons (Fsp3) is 0.400. The zero-order valence-electron chi connectivity index (χ0n) is 21.8. The predicted octanol–water partition coefficient (Wildman–Crippen LogP) is 3.66. The van der Waals surface area contributed by atoms with E-state index in [0.717, 1.165) is 77.9 Å². The number of piperazine rings is 1. The van der Waals surface area contributed by atoms with Crippen molar-refractivity contribution in [2.75, 3.05) is 49.6 Å². The van der Waals surface area contributed by atoms with Gasteiger partial charge in [-0.2, -0.15) is 0 Å². The van der Waals surface area contributed by atoms with Crippen molar-refractivity contribution in [1.29, 1.82) is 0 Å². The van der Waals surface area contributed by atoms with E-state index >= 15 is 0 Å². The molecule has 2 fully saturated rings. The Morgan fingerprint density at radius 2 is 1.84 bits per heavy atom. The number of carbonyl (C=O) groups excluding carboxylic acids is 2. The maximum Gasteiger partial charge on any atom is 0.258 e. The van der Waals surface area contributed by atoms with E-state index in [1.807, 2.05) is 51.2 Å². The summed E-state index contributed by atoms with van der Waals surface area (Å²) in [6.07, 6.45) is 1.44. The maximum absolute atomic E-state index is 13.7. The lowest BCUT2D eigenvalue weighted by molar-refractivity contribution is 0.0929. The van der Waals surface area contributed by atoms with Crippen LogP contribution in [0.3, 0.4) is 0 Å². The van der Waals surface area contributed by atoms with Gasteiger partial charge in [-0.05, 0) is 67.5 Å². The van der Waals surface area contributed by atoms with Crippen molar-refractivity contribution >= 4 is 34.0 Å². The number of benzene rings is 3. The minimum atomic E-state index is -0.409. The van der Waals surface area contributed by atoms with Crippen LogP contribution in [0.1, 0.15) is 51.6 Å². The number of carbonyl (C=O) groups is 2. The van der Waals surface area contributed by atoms with Gasteiger partial charge in [-0.3, -0.25) is 14.5 Å². The van der Waals surface area contributed by atoms with Gasteiger partial charge in [0.05, 0.1) is 17.3 Å². The number of amides is 2. The van der Waals surface area contributed by atoms with Crippen molar-refractivity contribution in [3.05, 3.63) is 70.8 Å². The number of nitrogens with one attached hydrogen (secondary N) is 1. The van der Waals surface area contributed by atoms with Gasteiger partial charge in [-0.25, -0.2) is 0 Å². The highest BCUT2D eigenvalue weighted by Gasteiger charge is 2.47. The highest BCUT2D eigenvalue weighted by Crippen LogP contribution is 2.50. The zero-order chi connectivity index (χ0) is 25.9. The lowest BCUT2D eigenvalue weighted by Gasteiger charge is -2.36. The zero-order valence-corrected chi connectivity index (χ0v) is 21.8. The average Bonchev–Trinajstić information content (AvgIpc) is 3.62. The van der Waals surface area contributed by atoms with E-state index in [4.69, 9.17) is 0 Å². The number of anilines is 2. The number of hydrogen-bond donors (Lipinski definition) is 2. The largest absolute Gasteiger partial charge is 0.392 e. The first-order valence-electron chi connectivity index (χ1n) is 13.2. The van der Waals surface area contributed by atoms with Gasteiger partial charge < -0.3 is 20.2 Å². The Kier molecular flexibility index (Phi) is 5.73. The highest BCUT2D eigenvalue weighted by molar-refractivity contribution is 6.25. The van der Waals surface area contributed by atoms with Crippen LogP contribution in [0.5, 0.6) is 0 Å². The first-order chi connectivity index (χ1) is 17.8. The Labute approximate surface area is 217 Å². The normalized spacial score (nSPS) is 19.4. The van der Waals surface area contributed by atoms with E-state index < -0.39 is 5.54 Å². The number of nitrogens with zero attached hydrogens (tertiary/aromatic N) is 3. The summed E-state index contributed by atoms with van der Waals surface area (Å²) >= 11 is 0. The van der Waals surface area contributed by atoms with Gasteiger partial charge in [0, 0.05) is 62.0 Å². The quantitative estimate of drug-likeness (QED) is 0.543. The summed E-state index contributed by atoms with van der Waals surface area (Å²) < 4.78 is 0. The second-order valence-corrected chi connectivity index (χ2v) is 10.9. The van der Waals surface area contributed by atoms with Crippen LogP contribution in [0, 0.1) is 6.92 Å². The molecule has 1 saturated carbocycles. The lowest BCUT2D eigenvalue weighted by atomic mass is 9.94. The molecule has 2 N–H and O–H groups in total. The summed E-state index contributed by atoms with van der Waals surface area (Å²) in [5.74, 6) is -0.0354. The first kappa shape index (κ1) is 23.9. The molecule has 2 heterocycles. The molecule has 1 atom stereocenters. The minimum absolute atomic E-state index is 0.0192. The molecule has 0 bridgehead atoms. The molecule has 3 aliphatic rings. The van der Waals surface area contributed by atoms with Gasteiger partial charge in [0.15, 0.2) is 0 Å². The van der Waals surface area contributed by atoms with E-state index in [1.54, 1.807) is 4.90 Å². The second-order valence-electron chi connectivity index (χ2n) is 10.9. The summed E-state index contributed by atoms with van der Waals surface area (Å²) in [7, 11) is 1.81. The van der Waals surface area contributed by atoms with Gasteiger partial charge in [-0.1, -0.05) is 24.3 Å². The standard InChI is InChI=1S/C30H34N4O3/c1-19-7-8-21(34-15-13-33(14-16-34)18-20(2)35)17-24(19)28(36)31-30(11-12-30)25-9-10-26-27-22(25)5-4-6-23(27)29(37)32(26)3/h4-10,17,20,35H,11-16,18H2,1-3H3,(H,31,36). The number of hydrogen-bond acceptors (Lipinski definition) is 5. The molecule has 6 rings (SSSR count). The fourth-order valence-corrected chi connectivity index (χ4v) is 6.04. The van der Waals surface area contributed by atoms with E-state index in [1.165, 1.54) is 0 Å². The third-order valence-corrected chi connectivity index (χ3v) is 8.26. The van der Waals surface area contributed by atoms with Crippen LogP contribution in [0.4, 0.5) is 11.4 Å². The Hall–Kier alpha value is -3.42. The van der Waals surface area contributed by atoms with E-state index in [0.29, 0.717) is 12.1 Å². The Balaban J connectivity index is 1.25. The fourth-order valence-electron chi connectivity index (χ4n) is 6.04. The average molecular weight is 499 g/mol. The Bertz CT molecular complexity index is 1400. The molecular formula is C30H34N4O3. The summed E-state index contributed by atoms with van der Waals surface area (Å²) in [4.78, 5) is 32.7. The van der Waals surface area contributed by atoms with Crippen LogP contribution in [0.2, 0.25) is 0 Å². The topological polar surface area (TPSA) is 76.1 Å². The van der Waals surface area contributed by atoms with Gasteiger partial charge >= 0.3 is 0 Å². The molecule has 7 nitrogen and oxygen atoms in total. The van der Waals surface area contributed by atoms with Gasteiger partial charge in [0.25, 0.3) is 11.8 Å². The first-order valence-corrected chi connectivity index (χ1v) is 13.2. The van der Waals surface area contributed by atoms with E-state index in [9.17, 15) is 14.7 Å². The number of β-amino-alcohol motifs (C(OH)–C–C–N with tert-alkyl or cyclic N) is 1. The van der Waals surface area contributed by atoms with Gasteiger partial charge in [-0.15, -0.1) is 0 Å². The molecule has 1 aliphatic carbocycles. The van der Waals surface area contributed by atoms with Crippen LogP contribution in [-0.2, 0) is 5.54 Å². The van der Waals surface area contributed by atoms with Crippen molar-refractivity contribution in [3.8, 4) is 0 Å². The maximum atomic E-state index is 13.7. The molecule has 3 aromatic carbocycles. The monoisotopic (exact) mass is 498 g/mol. The molecule has 3 aromatic rings. The Morgan fingerprint density at radius 1 is 1.08 bits per heavy atom. The van der Waals surface area contributed by atoms with Crippen LogP contribution >= 0.6 is 0 Å². The third kappa shape index (κ3) is 4.06. The molecule has 7 heteroatoms. The molecule has 1 unspecified atom stereocenters. The van der Waals surface area contributed by atoms with E-state index in [2.05, 4.69) is 33.3 Å². The van der Waals surface area contributed by atoms with Crippen LogP contribution in [0.25, 0.3) is 10.8 Å². The minimum Gasteiger partial charge on any atom is -0.392 e. The van der Waals surface area contributed by atoms with Crippen molar-refractivity contribution in [1.82, 2.24) is 10.2 Å². The molecule has 37 heavy (non-hydrogen) atoms. The summed E-state index contributed by atoms with van der Waals surface area (Å²) in [6, 6.07) is 16.1. The molecule has 0 aromatic heterocycles. The highest BCUT2D eigenvalue weighted by atomic mass is 16.3. The van der Waals surface area contributed by atoms with Crippen molar-refractivity contribution in [2.24, 2.45) is 0 Å². The number of rotatable bonds is 6. The molecular weight excluding hydrogens is 464 g/mol. The number of aliphatic hydroxyl groups is 1. The molecule has 1 saturated heterocycles. The van der Waals surface area contributed by atoms with Crippen molar-refractivity contribution in [3.63, 3.8) is 0 Å². The summed E-state index contributed by atoms with van der Waals surface area (Å²) in [5, 5.41) is 15.1. The molecule has 0 radical (unpaired) electrons.